The fraction of sp³-hybridized carbons (Fsp3) is 0.684. The van der Waals surface area contributed by atoms with Crippen molar-refractivity contribution in [2.24, 2.45) is 5.73 Å². The van der Waals surface area contributed by atoms with Gasteiger partial charge in [-0.15, -0.1) is 0 Å². The van der Waals surface area contributed by atoms with Gasteiger partial charge in [-0.2, -0.15) is 0 Å². The Hall–Kier alpha value is -0.860. The minimum Gasteiger partial charge on any atom is -0.329 e. The zero-order valence-corrected chi connectivity index (χ0v) is 14.1. The van der Waals surface area contributed by atoms with Crippen LogP contribution in [0.3, 0.4) is 0 Å². The molecule has 2 heteroatoms. The van der Waals surface area contributed by atoms with Crippen LogP contribution in [-0.2, 0) is 6.54 Å². The second-order valence-electron chi connectivity index (χ2n) is 6.85. The second kappa shape index (κ2) is 7.42. The number of likely N-dealkylation sites (N-methyl/N-ethyl adjacent to an activating group) is 1. The number of nitrogens with two attached hydrogens (primary N) is 1. The summed E-state index contributed by atoms with van der Waals surface area (Å²) >= 11 is 0. The van der Waals surface area contributed by atoms with Crippen LogP contribution in [0.1, 0.15) is 62.1 Å². The molecule has 0 aromatic heterocycles. The molecule has 0 heterocycles. The first-order valence-corrected chi connectivity index (χ1v) is 8.62. The van der Waals surface area contributed by atoms with Crippen molar-refractivity contribution in [3.8, 4) is 0 Å². The number of hydrogen-bond donors (Lipinski definition) is 1. The van der Waals surface area contributed by atoms with Gasteiger partial charge in [-0.3, -0.25) is 4.90 Å². The largest absolute Gasteiger partial charge is 0.329 e. The summed E-state index contributed by atoms with van der Waals surface area (Å²) in [5, 5.41) is 0. The van der Waals surface area contributed by atoms with Crippen LogP contribution in [0.4, 0.5) is 0 Å². The van der Waals surface area contributed by atoms with Crippen LogP contribution in [0.5, 0.6) is 0 Å². The number of benzene rings is 1. The van der Waals surface area contributed by atoms with Gasteiger partial charge in [0.15, 0.2) is 0 Å². The normalized spacial score (nSPS) is 18.7. The van der Waals surface area contributed by atoms with Crippen molar-refractivity contribution in [1.29, 1.82) is 0 Å². The molecule has 2 nitrogen and oxygen atoms in total. The number of nitrogens with zero attached hydrogens (tertiary/aromatic N) is 1. The molecule has 0 radical (unpaired) electrons. The standard InChI is InChI=1S/C19H32N2/c1-4-21(14-18-12-16(2)11-17(3)13-18)19(15-20)9-7-5-6-8-10-19/h11-13H,4-10,14-15,20H2,1-3H3. The quantitative estimate of drug-likeness (QED) is 0.824. The molecule has 0 bridgehead atoms. The summed E-state index contributed by atoms with van der Waals surface area (Å²) in [6, 6.07) is 6.91. The summed E-state index contributed by atoms with van der Waals surface area (Å²) in [6.45, 7) is 9.59. The molecule has 1 aromatic carbocycles. The predicted molar refractivity (Wildman–Crippen MR) is 91.5 cm³/mol. The lowest BCUT2D eigenvalue weighted by molar-refractivity contribution is 0.0756. The lowest BCUT2D eigenvalue weighted by Gasteiger charge is -2.43. The SMILES string of the molecule is CCN(Cc1cc(C)cc(C)c1)C1(CN)CCCCCC1. The smallest absolute Gasteiger partial charge is 0.0335 e. The van der Waals surface area contributed by atoms with Crippen LogP contribution in [0, 0.1) is 13.8 Å². The molecule has 1 aliphatic rings. The summed E-state index contributed by atoms with van der Waals surface area (Å²) in [6.07, 6.45) is 7.96. The number of aryl methyl sites for hydroxylation is 2. The van der Waals surface area contributed by atoms with E-state index in [0.717, 1.165) is 19.6 Å². The van der Waals surface area contributed by atoms with Gasteiger partial charge in [-0.05, 0) is 38.8 Å². The van der Waals surface area contributed by atoms with Crippen LogP contribution < -0.4 is 5.73 Å². The van der Waals surface area contributed by atoms with Crippen LogP contribution in [0.25, 0.3) is 0 Å². The van der Waals surface area contributed by atoms with Crippen molar-refractivity contribution in [2.45, 2.75) is 71.4 Å². The Kier molecular flexibility index (Phi) is 5.83. The Morgan fingerprint density at radius 2 is 1.57 bits per heavy atom. The van der Waals surface area contributed by atoms with E-state index in [4.69, 9.17) is 5.73 Å². The average Bonchev–Trinajstić information content (AvgIpc) is 2.70. The molecule has 1 fully saturated rings. The van der Waals surface area contributed by atoms with Gasteiger partial charge in [-0.1, -0.05) is 61.9 Å². The minimum absolute atomic E-state index is 0.225. The van der Waals surface area contributed by atoms with Gasteiger partial charge in [0.25, 0.3) is 0 Å². The molecule has 0 amide bonds. The highest BCUT2D eigenvalue weighted by Gasteiger charge is 2.34. The van der Waals surface area contributed by atoms with E-state index in [1.165, 1.54) is 55.2 Å². The van der Waals surface area contributed by atoms with Gasteiger partial charge >= 0.3 is 0 Å². The third-order valence-corrected chi connectivity index (χ3v) is 5.12. The van der Waals surface area contributed by atoms with Crippen molar-refractivity contribution in [2.75, 3.05) is 13.1 Å². The summed E-state index contributed by atoms with van der Waals surface area (Å²) in [7, 11) is 0. The lowest BCUT2D eigenvalue weighted by Crippen LogP contribution is -2.53. The lowest BCUT2D eigenvalue weighted by atomic mass is 9.87. The van der Waals surface area contributed by atoms with Gasteiger partial charge in [0.1, 0.15) is 0 Å². The van der Waals surface area contributed by atoms with Crippen molar-refractivity contribution in [3.63, 3.8) is 0 Å². The molecule has 0 saturated heterocycles. The zero-order chi connectivity index (χ0) is 15.3. The van der Waals surface area contributed by atoms with Crippen LogP contribution in [0.15, 0.2) is 18.2 Å². The Balaban J connectivity index is 2.20. The van der Waals surface area contributed by atoms with E-state index in [1.54, 1.807) is 0 Å². The Morgan fingerprint density at radius 1 is 1.00 bits per heavy atom. The molecule has 2 N–H and O–H groups in total. The van der Waals surface area contributed by atoms with E-state index in [9.17, 15) is 0 Å². The minimum atomic E-state index is 0.225. The van der Waals surface area contributed by atoms with Crippen LogP contribution >= 0.6 is 0 Å². The number of hydrogen-bond acceptors (Lipinski definition) is 2. The summed E-state index contributed by atoms with van der Waals surface area (Å²) in [5.74, 6) is 0. The van der Waals surface area contributed by atoms with Gasteiger partial charge in [0.2, 0.25) is 0 Å². The van der Waals surface area contributed by atoms with E-state index in [1.807, 2.05) is 0 Å². The predicted octanol–water partition coefficient (Wildman–Crippen LogP) is 4.18. The second-order valence-corrected chi connectivity index (χ2v) is 6.85. The maximum atomic E-state index is 6.26. The van der Waals surface area contributed by atoms with E-state index < -0.39 is 0 Å². The Bertz CT molecular complexity index is 425. The molecule has 2 rings (SSSR count). The molecular weight excluding hydrogens is 256 g/mol. The van der Waals surface area contributed by atoms with E-state index in [-0.39, 0.29) is 5.54 Å². The average molecular weight is 288 g/mol. The van der Waals surface area contributed by atoms with Crippen molar-refractivity contribution >= 4 is 0 Å². The first-order chi connectivity index (χ1) is 10.1. The first-order valence-electron chi connectivity index (χ1n) is 8.62. The zero-order valence-electron chi connectivity index (χ0n) is 14.1. The van der Waals surface area contributed by atoms with Gasteiger partial charge in [0.05, 0.1) is 0 Å². The Morgan fingerprint density at radius 3 is 2.05 bits per heavy atom. The molecule has 0 spiro atoms. The summed E-state index contributed by atoms with van der Waals surface area (Å²) < 4.78 is 0. The monoisotopic (exact) mass is 288 g/mol. The van der Waals surface area contributed by atoms with Gasteiger partial charge < -0.3 is 5.73 Å². The molecule has 0 unspecified atom stereocenters. The van der Waals surface area contributed by atoms with Gasteiger partial charge in [-0.25, -0.2) is 0 Å². The Labute approximate surface area is 130 Å². The van der Waals surface area contributed by atoms with Crippen LogP contribution in [0.2, 0.25) is 0 Å². The molecular formula is C19H32N2. The van der Waals surface area contributed by atoms with Crippen molar-refractivity contribution < 1.29 is 0 Å². The highest BCUT2D eigenvalue weighted by molar-refractivity contribution is 5.28. The molecule has 1 aromatic rings. The first kappa shape index (κ1) is 16.5. The summed E-state index contributed by atoms with van der Waals surface area (Å²) in [5.41, 5.74) is 10.6. The molecule has 21 heavy (non-hydrogen) atoms. The third-order valence-electron chi connectivity index (χ3n) is 5.12. The van der Waals surface area contributed by atoms with Gasteiger partial charge in [0, 0.05) is 18.6 Å². The van der Waals surface area contributed by atoms with Crippen molar-refractivity contribution in [1.82, 2.24) is 4.90 Å². The van der Waals surface area contributed by atoms with E-state index >= 15 is 0 Å². The fourth-order valence-corrected chi connectivity index (χ4v) is 4.03. The molecule has 0 atom stereocenters. The summed E-state index contributed by atoms with van der Waals surface area (Å²) in [4.78, 5) is 2.65. The van der Waals surface area contributed by atoms with E-state index in [0.29, 0.717) is 0 Å². The fourth-order valence-electron chi connectivity index (χ4n) is 4.03. The maximum absolute atomic E-state index is 6.26. The highest BCUT2D eigenvalue weighted by atomic mass is 15.2. The van der Waals surface area contributed by atoms with E-state index in [2.05, 4.69) is 43.9 Å². The topological polar surface area (TPSA) is 29.3 Å². The molecule has 1 aliphatic carbocycles. The highest BCUT2D eigenvalue weighted by Crippen LogP contribution is 2.33. The molecule has 0 aliphatic heterocycles. The molecule has 1 saturated carbocycles. The maximum Gasteiger partial charge on any atom is 0.0335 e. The molecule has 118 valence electrons. The van der Waals surface area contributed by atoms with Crippen molar-refractivity contribution in [3.05, 3.63) is 34.9 Å². The number of rotatable bonds is 5. The van der Waals surface area contributed by atoms with Crippen LogP contribution in [-0.4, -0.2) is 23.5 Å². The third kappa shape index (κ3) is 4.08.